The maximum Gasteiger partial charge on any atom is 0.193 e. The summed E-state index contributed by atoms with van der Waals surface area (Å²) in [4.78, 5) is 37.7. The summed E-state index contributed by atoms with van der Waals surface area (Å²) in [5, 5.41) is 2.24. The zero-order valence-electron chi connectivity index (χ0n) is 33.2. The first-order chi connectivity index (χ1) is 26.9. The van der Waals surface area contributed by atoms with Crippen LogP contribution in [0.3, 0.4) is 0 Å². The number of ether oxygens (including phenoxy) is 1. The summed E-state index contributed by atoms with van der Waals surface area (Å²) in [6, 6.07) is 27.5. The molecule has 0 amide bonds. The number of halogens is 1. The molecule has 0 radical (unpaired) electrons. The Bertz CT molecular complexity index is 2460. The molecule has 2 aliphatic heterocycles. The Morgan fingerprint density at radius 3 is 1.71 bits per heavy atom. The lowest BCUT2D eigenvalue weighted by molar-refractivity contribution is 0.103. The monoisotopic (exact) mass is 858 g/mol. The van der Waals surface area contributed by atoms with Crippen molar-refractivity contribution in [2.45, 2.75) is 59.0 Å². The highest BCUT2D eigenvalue weighted by atomic mass is 127. The van der Waals surface area contributed by atoms with Crippen LogP contribution in [-0.4, -0.2) is 76.2 Å². The zero-order valence-corrected chi connectivity index (χ0v) is 35.4. The van der Waals surface area contributed by atoms with Gasteiger partial charge in [-0.3, -0.25) is 19.4 Å². The summed E-state index contributed by atoms with van der Waals surface area (Å²) < 4.78 is 6.33. The Morgan fingerprint density at radius 2 is 1.23 bits per heavy atom. The van der Waals surface area contributed by atoms with Crippen LogP contribution in [0, 0.1) is 3.57 Å². The number of hydrogen-bond acceptors (Lipinski definition) is 5. The maximum atomic E-state index is 13.0. The number of carbonyl (C=O) groups is 2. The number of hydrogen-bond donors (Lipinski definition) is 2. The number of fused-ring (bicyclic) bond motifs is 2. The molecule has 7 nitrogen and oxygen atoms in total. The SMILES string of the molecule is CC(C)N1CC=C(c2c[nH]c3ccc(C(=O)c4cccc(I)c4)cc23)CC1.COc1cccc(C(=O)c2ccc3[nH]cc(C4=CCN(C(C)(C)C)CC4)c3c2)c1. The number of aromatic amines is 2. The van der Waals surface area contributed by atoms with Crippen LogP contribution in [0.1, 0.15) is 90.4 Å². The highest BCUT2D eigenvalue weighted by Gasteiger charge is 2.25. The van der Waals surface area contributed by atoms with Gasteiger partial charge in [0.05, 0.1) is 7.11 Å². The topological polar surface area (TPSA) is 81.4 Å². The van der Waals surface area contributed by atoms with Gasteiger partial charge < -0.3 is 14.7 Å². The molecule has 6 aromatic rings. The number of H-pyrrole nitrogens is 2. The molecule has 0 atom stereocenters. The van der Waals surface area contributed by atoms with Crippen LogP contribution >= 0.6 is 22.6 Å². The van der Waals surface area contributed by atoms with E-state index in [9.17, 15) is 9.59 Å². The molecule has 2 aromatic heterocycles. The first kappa shape index (κ1) is 39.5. The Kier molecular flexibility index (Phi) is 11.8. The van der Waals surface area contributed by atoms with Gasteiger partial charge in [-0.15, -0.1) is 0 Å². The van der Waals surface area contributed by atoms with Crippen molar-refractivity contribution in [3.8, 4) is 5.75 Å². The van der Waals surface area contributed by atoms with E-state index in [1.54, 1.807) is 13.2 Å². The van der Waals surface area contributed by atoms with Gasteiger partial charge in [0.2, 0.25) is 0 Å². The average molecular weight is 859 g/mol. The minimum atomic E-state index is 0.00878. The van der Waals surface area contributed by atoms with Crippen molar-refractivity contribution >= 4 is 67.1 Å². The fraction of sp³-hybridized carbons (Fsp3) is 0.292. The third kappa shape index (κ3) is 8.62. The standard InChI is InChI=1S/C25H28N2O2.C23H23IN2O/c1-25(2,3)27-12-10-17(11-13-27)22-16-26-23-9-8-19(15-21(22)23)24(28)18-6-5-7-20(14-18)29-4;1-15(2)26-10-8-16(9-11-26)21-14-25-22-7-6-18(13-20(21)22)23(27)17-4-3-5-19(24)12-17/h5-10,14-16,26H,11-13H2,1-4H3;3-8,12-15,25H,9-11H2,1-2H3. The first-order valence-corrected chi connectivity index (χ1v) is 20.6. The van der Waals surface area contributed by atoms with E-state index in [0.717, 1.165) is 75.5 Å². The lowest BCUT2D eigenvalue weighted by Crippen LogP contribution is -2.43. The molecule has 4 aromatic carbocycles. The van der Waals surface area contributed by atoms with Crippen molar-refractivity contribution in [1.82, 2.24) is 19.8 Å². The normalized spacial score (nSPS) is 15.4. The van der Waals surface area contributed by atoms with Gasteiger partial charge in [0.25, 0.3) is 0 Å². The van der Waals surface area contributed by atoms with Gasteiger partial charge in [0.1, 0.15) is 5.75 Å². The van der Waals surface area contributed by atoms with Crippen LogP contribution < -0.4 is 4.74 Å². The van der Waals surface area contributed by atoms with Crippen molar-refractivity contribution in [3.63, 3.8) is 0 Å². The Morgan fingerprint density at radius 1 is 0.696 bits per heavy atom. The minimum absolute atomic E-state index is 0.00878. The van der Waals surface area contributed by atoms with Crippen LogP contribution in [0.15, 0.2) is 109 Å². The average Bonchev–Trinajstić information content (AvgIpc) is 3.84. The summed E-state index contributed by atoms with van der Waals surface area (Å²) in [6.45, 7) is 15.3. The van der Waals surface area contributed by atoms with E-state index in [2.05, 4.69) is 102 Å². The van der Waals surface area contributed by atoms with Crippen molar-refractivity contribution in [3.05, 3.63) is 146 Å². The largest absolute Gasteiger partial charge is 0.497 e. The number of carbonyl (C=O) groups excluding carboxylic acids is 2. The zero-order chi connectivity index (χ0) is 39.6. The second kappa shape index (κ2) is 16.8. The van der Waals surface area contributed by atoms with Crippen LogP contribution in [0.4, 0.5) is 0 Å². The van der Waals surface area contributed by atoms with Gasteiger partial charge in [-0.1, -0.05) is 36.4 Å². The fourth-order valence-corrected chi connectivity index (χ4v) is 8.25. The number of ketones is 2. The van der Waals surface area contributed by atoms with Crippen molar-refractivity contribution in [1.29, 1.82) is 0 Å². The van der Waals surface area contributed by atoms with Crippen molar-refractivity contribution in [2.75, 3.05) is 33.3 Å². The van der Waals surface area contributed by atoms with E-state index >= 15 is 0 Å². The van der Waals surface area contributed by atoms with Crippen LogP contribution in [-0.2, 0) is 0 Å². The molecule has 0 bridgehead atoms. The molecule has 0 aliphatic carbocycles. The number of nitrogens with zero attached hydrogens (tertiary/aromatic N) is 2. The summed E-state index contributed by atoms with van der Waals surface area (Å²) >= 11 is 2.24. The Balaban J connectivity index is 0.000000172. The quantitative estimate of drug-likeness (QED) is 0.118. The number of methoxy groups -OCH3 is 1. The molecule has 288 valence electrons. The van der Waals surface area contributed by atoms with Crippen molar-refractivity contribution in [2.24, 2.45) is 0 Å². The second-order valence-corrected chi connectivity index (χ2v) is 17.2. The lowest BCUT2D eigenvalue weighted by Gasteiger charge is -2.37. The highest BCUT2D eigenvalue weighted by molar-refractivity contribution is 14.1. The molecule has 0 saturated heterocycles. The van der Waals surface area contributed by atoms with Crippen LogP contribution in [0.25, 0.3) is 33.0 Å². The lowest BCUT2D eigenvalue weighted by atomic mass is 9.94. The maximum absolute atomic E-state index is 13.0. The molecule has 0 unspecified atom stereocenters. The highest BCUT2D eigenvalue weighted by Crippen LogP contribution is 2.33. The molecule has 2 aliphatic rings. The Hall–Kier alpha value is -4.77. The number of aromatic nitrogens is 2. The number of rotatable bonds is 8. The predicted octanol–water partition coefficient (Wildman–Crippen LogP) is 10.8. The number of benzene rings is 4. The van der Waals surface area contributed by atoms with E-state index in [0.29, 0.717) is 22.9 Å². The molecule has 0 spiro atoms. The molecular weight excluding hydrogens is 807 g/mol. The fourth-order valence-electron chi connectivity index (χ4n) is 7.70. The molecule has 56 heavy (non-hydrogen) atoms. The smallest absolute Gasteiger partial charge is 0.193 e. The van der Waals surface area contributed by atoms with Gasteiger partial charge >= 0.3 is 0 Å². The van der Waals surface area contributed by atoms with Gasteiger partial charge in [-0.2, -0.15) is 0 Å². The minimum Gasteiger partial charge on any atom is -0.497 e. The van der Waals surface area contributed by atoms with E-state index in [-0.39, 0.29) is 17.1 Å². The summed E-state index contributed by atoms with van der Waals surface area (Å²) in [5.41, 5.74) is 10.3. The summed E-state index contributed by atoms with van der Waals surface area (Å²) in [5.74, 6) is 0.774. The van der Waals surface area contributed by atoms with E-state index < -0.39 is 0 Å². The summed E-state index contributed by atoms with van der Waals surface area (Å²) in [7, 11) is 1.61. The molecule has 4 heterocycles. The molecule has 8 rings (SSSR count). The molecule has 2 N–H and O–H groups in total. The molecular formula is C48H51IN4O3. The van der Waals surface area contributed by atoms with E-state index in [4.69, 9.17) is 4.74 Å². The first-order valence-electron chi connectivity index (χ1n) is 19.5. The third-order valence-corrected chi connectivity index (χ3v) is 11.8. The molecule has 0 saturated carbocycles. The van der Waals surface area contributed by atoms with E-state index in [1.165, 1.54) is 22.3 Å². The van der Waals surface area contributed by atoms with Gasteiger partial charge in [-0.05, 0) is 142 Å². The third-order valence-electron chi connectivity index (χ3n) is 11.1. The Labute approximate surface area is 344 Å². The van der Waals surface area contributed by atoms with Crippen molar-refractivity contribution < 1.29 is 14.3 Å². The number of nitrogens with one attached hydrogen (secondary N) is 2. The second-order valence-electron chi connectivity index (χ2n) is 16.0. The van der Waals surface area contributed by atoms with Gasteiger partial charge in [0.15, 0.2) is 11.6 Å². The molecule has 0 fully saturated rings. The van der Waals surface area contributed by atoms with E-state index in [1.807, 2.05) is 78.9 Å². The molecule has 8 heteroatoms. The van der Waals surface area contributed by atoms with Crippen LogP contribution in [0.2, 0.25) is 0 Å². The predicted molar refractivity (Wildman–Crippen MR) is 239 cm³/mol. The van der Waals surface area contributed by atoms with Gasteiger partial charge in [0, 0.05) is 109 Å². The van der Waals surface area contributed by atoms with Crippen LogP contribution in [0.5, 0.6) is 5.75 Å². The van der Waals surface area contributed by atoms with Gasteiger partial charge in [-0.25, -0.2) is 0 Å². The summed E-state index contributed by atoms with van der Waals surface area (Å²) in [6.07, 6.45) is 10.9.